The summed E-state index contributed by atoms with van der Waals surface area (Å²) in [4.78, 5) is 4.43. The topological polar surface area (TPSA) is 69.6 Å². The van der Waals surface area contributed by atoms with Gasteiger partial charge in [0, 0.05) is 19.0 Å². The van der Waals surface area contributed by atoms with E-state index in [2.05, 4.69) is 72.3 Å². The summed E-state index contributed by atoms with van der Waals surface area (Å²) in [6.45, 7) is 8.79. The number of thioether (sulfide) groups is 1. The summed E-state index contributed by atoms with van der Waals surface area (Å²) in [6.07, 6.45) is 3.06. The van der Waals surface area contributed by atoms with Crippen LogP contribution in [0.4, 0.5) is 0 Å². The molecule has 0 radical (unpaired) electrons. The summed E-state index contributed by atoms with van der Waals surface area (Å²) in [5.74, 6) is 2.86. The molecule has 0 atom stereocenters. The van der Waals surface area contributed by atoms with Gasteiger partial charge in [-0.15, -0.1) is 10.2 Å². The predicted molar refractivity (Wildman–Crippen MR) is 108 cm³/mol. The van der Waals surface area contributed by atoms with Crippen LogP contribution in [0.3, 0.4) is 0 Å². The largest absolute Gasteiger partial charge is 0.338 e. The van der Waals surface area contributed by atoms with E-state index in [0.29, 0.717) is 11.6 Å². The lowest BCUT2D eigenvalue weighted by molar-refractivity contribution is 0.384. The van der Waals surface area contributed by atoms with Crippen LogP contribution in [0, 0.1) is 0 Å². The Balaban J connectivity index is 1.67. The summed E-state index contributed by atoms with van der Waals surface area (Å²) >= 11 is 1.55. The Morgan fingerprint density at radius 1 is 1.11 bits per heavy atom. The molecular formula is C20H27N5OS. The van der Waals surface area contributed by atoms with Crippen molar-refractivity contribution < 1.29 is 4.52 Å². The third-order valence-corrected chi connectivity index (χ3v) is 5.44. The van der Waals surface area contributed by atoms with E-state index in [9.17, 15) is 0 Å². The third-order valence-electron chi connectivity index (χ3n) is 4.43. The molecule has 0 N–H and O–H groups in total. The fourth-order valence-corrected chi connectivity index (χ4v) is 3.47. The van der Waals surface area contributed by atoms with E-state index in [0.717, 1.165) is 41.6 Å². The van der Waals surface area contributed by atoms with Gasteiger partial charge < -0.3 is 9.09 Å². The first kappa shape index (κ1) is 19.6. The molecule has 144 valence electrons. The summed E-state index contributed by atoms with van der Waals surface area (Å²) in [6, 6.07) is 8.54. The molecule has 3 aromatic rings. The van der Waals surface area contributed by atoms with Crippen molar-refractivity contribution in [3.63, 3.8) is 0 Å². The molecule has 0 amide bonds. The van der Waals surface area contributed by atoms with E-state index in [1.54, 1.807) is 11.8 Å². The number of aromatic nitrogens is 5. The Labute approximate surface area is 164 Å². The van der Waals surface area contributed by atoms with Crippen molar-refractivity contribution in [2.24, 2.45) is 7.05 Å². The Morgan fingerprint density at radius 2 is 1.85 bits per heavy atom. The van der Waals surface area contributed by atoms with E-state index < -0.39 is 0 Å². The Kier molecular flexibility index (Phi) is 5.99. The van der Waals surface area contributed by atoms with Crippen LogP contribution in [0.5, 0.6) is 0 Å². The van der Waals surface area contributed by atoms with Gasteiger partial charge in [0.2, 0.25) is 5.89 Å². The van der Waals surface area contributed by atoms with Gasteiger partial charge in [-0.3, -0.25) is 0 Å². The minimum Gasteiger partial charge on any atom is -0.338 e. The molecule has 0 bridgehead atoms. The molecule has 0 aliphatic carbocycles. The Morgan fingerprint density at radius 3 is 2.52 bits per heavy atom. The van der Waals surface area contributed by atoms with Crippen molar-refractivity contribution in [1.29, 1.82) is 0 Å². The van der Waals surface area contributed by atoms with Gasteiger partial charge in [0.1, 0.15) is 0 Å². The van der Waals surface area contributed by atoms with Crippen LogP contribution in [0.2, 0.25) is 0 Å². The second kappa shape index (κ2) is 8.25. The standard InChI is InChI=1S/C20H27N5OS/c1-6-7-8-16-21-17(26-24-16)13-27-19-23-22-18(25(19)5)14-9-11-15(12-10-14)20(2,3)4/h9-12H,6-8,13H2,1-5H3. The van der Waals surface area contributed by atoms with Crippen LogP contribution in [0.1, 0.15) is 57.8 Å². The van der Waals surface area contributed by atoms with Gasteiger partial charge >= 0.3 is 0 Å². The molecule has 0 spiro atoms. The highest BCUT2D eigenvalue weighted by molar-refractivity contribution is 7.98. The predicted octanol–water partition coefficient (Wildman–Crippen LogP) is 4.80. The van der Waals surface area contributed by atoms with Crippen LogP contribution in [0.15, 0.2) is 33.9 Å². The molecule has 3 rings (SSSR count). The molecule has 0 saturated heterocycles. The minimum absolute atomic E-state index is 0.138. The van der Waals surface area contributed by atoms with E-state index in [4.69, 9.17) is 4.52 Å². The van der Waals surface area contributed by atoms with E-state index in [1.165, 1.54) is 5.56 Å². The molecule has 0 unspecified atom stereocenters. The summed E-state index contributed by atoms with van der Waals surface area (Å²) in [5.41, 5.74) is 2.50. The van der Waals surface area contributed by atoms with Crippen LogP contribution >= 0.6 is 11.8 Å². The molecular weight excluding hydrogens is 358 g/mol. The average molecular weight is 386 g/mol. The van der Waals surface area contributed by atoms with Gasteiger partial charge in [0.15, 0.2) is 16.8 Å². The smallest absolute Gasteiger partial charge is 0.237 e. The third kappa shape index (κ3) is 4.77. The summed E-state index contributed by atoms with van der Waals surface area (Å²) in [5, 5.41) is 13.5. The number of unbranched alkanes of at least 4 members (excludes halogenated alkanes) is 1. The molecule has 0 aliphatic rings. The fraction of sp³-hybridized carbons (Fsp3) is 0.500. The first-order chi connectivity index (χ1) is 12.9. The van der Waals surface area contributed by atoms with Gasteiger partial charge in [-0.2, -0.15) is 4.98 Å². The lowest BCUT2D eigenvalue weighted by atomic mass is 9.87. The number of nitrogens with zero attached hydrogens (tertiary/aromatic N) is 5. The van der Waals surface area contributed by atoms with Crippen LogP contribution in [0.25, 0.3) is 11.4 Å². The second-order valence-electron chi connectivity index (χ2n) is 7.69. The van der Waals surface area contributed by atoms with Gasteiger partial charge in [0.05, 0.1) is 5.75 Å². The molecule has 2 heterocycles. The lowest BCUT2D eigenvalue weighted by Gasteiger charge is -2.19. The monoisotopic (exact) mass is 385 g/mol. The normalized spacial score (nSPS) is 11.9. The van der Waals surface area contributed by atoms with Crippen molar-refractivity contribution in [2.75, 3.05) is 0 Å². The van der Waals surface area contributed by atoms with Crippen LogP contribution < -0.4 is 0 Å². The van der Waals surface area contributed by atoms with Crippen molar-refractivity contribution >= 4 is 11.8 Å². The van der Waals surface area contributed by atoms with Crippen LogP contribution in [-0.4, -0.2) is 24.9 Å². The molecule has 6 nitrogen and oxygen atoms in total. The van der Waals surface area contributed by atoms with Crippen LogP contribution in [-0.2, 0) is 24.6 Å². The zero-order valence-electron chi connectivity index (χ0n) is 16.7. The number of rotatable bonds is 7. The molecule has 1 aromatic carbocycles. The highest BCUT2D eigenvalue weighted by Gasteiger charge is 2.16. The first-order valence-electron chi connectivity index (χ1n) is 9.33. The van der Waals surface area contributed by atoms with Gasteiger partial charge in [0.25, 0.3) is 0 Å². The van der Waals surface area contributed by atoms with Crippen molar-refractivity contribution in [1.82, 2.24) is 24.9 Å². The Bertz CT molecular complexity index is 877. The molecule has 0 fully saturated rings. The number of aryl methyl sites for hydroxylation is 1. The Hall–Kier alpha value is -2.15. The highest BCUT2D eigenvalue weighted by Crippen LogP contribution is 2.27. The zero-order chi connectivity index (χ0) is 19.4. The lowest BCUT2D eigenvalue weighted by Crippen LogP contribution is -2.10. The van der Waals surface area contributed by atoms with E-state index >= 15 is 0 Å². The van der Waals surface area contributed by atoms with Gasteiger partial charge in [-0.25, -0.2) is 0 Å². The van der Waals surface area contributed by atoms with Gasteiger partial charge in [-0.1, -0.05) is 75.3 Å². The summed E-state index contributed by atoms with van der Waals surface area (Å²) in [7, 11) is 1.98. The molecule has 7 heteroatoms. The number of benzene rings is 1. The highest BCUT2D eigenvalue weighted by atomic mass is 32.2. The fourth-order valence-electron chi connectivity index (χ4n) is 2.72. The molecule has 0 saturated carbocycles. The number of hydrogen-bond donors (Lipinski definition) is 0. The zero-order valence-corrected chi connectivity index (χ0v) is 17.5. The maximum atomic E-state index is 5.32. The van der Waals surface area contributed by atoms with Crippen molar-refractivity contribution in [3.8, 4) is 11.4 Å². The maximum Gasteiger partial charge on any atom is 0.237 e. The first-order valence-corrected chi connectivity index (χ1v) is 10.3. The van der Waals surface area contributed by atoms with Crippen molar-refractivity contribution in [2.45, 2.75) is 63.3 Å². The minimum atomic E-state index is 0.138. The SMILES string of the molecule is CCCCc1noc(CSc2nnc(-c3ccc(C(C)(C)C)cc3)n2C)n1. The molecule has 0 aliphatic heterocycles. The molecule has 2 aromatic heterocycles. The molecule has 27 heavy (non-hydrogen) atoms. The summed E-state index contributed by atoms with van der Waals surface area (Å²) < 4.78 is 7.33. The second-order valence-corrected chi connectivity index (χ2v) is 8.63. The maximum absolute atomic E-state index is 5.32. The van der Waals surface area contributed by atoms with E-state index in [-0.39, 0.29) is 5.41 Å². The van der Waals surface area contributed by atoms with E-state index in [1.807, 2.05) is 11.6 Å². The van der Waals surface area contributed by atoms with Gasteiger partial charge in [-0.05, 0) is 17.4 Å². The quantitative estimate of drug-likeness (QED) is 0.544. The van der Waals surface area contributed by atoms with Crippen molar-refractivity contribution in [3.05, 3.63) is 41.5 Å². The average Bonchev–Trinajstić information content (AvgIpc) is 3.24. The number of hydrogen-bond acceptors (Lipinski definition) is 6.